The second kappa shape index (κ2) is 17.1. The Labute approximate surface area is 313 Å². The number of anilines is 2. The number of amides is 3. The zero-order valence-electron chi connectivity index (χ0n) is 31.1. The Bertz CT molecular complexity index is 1910. The van der Waals surface area contributed by atoms with Crippen LogP contribution in [0.5, 0.6) is 0 Å². The highest BCUT2D eigenvalue weighted by atomic mass is 35.5. The lowest BCUT2D eigenvalue weighted by Gasteiger charge is -2.20. The molecule has 2 aromatic carbocycles. The van der Waals surface area contributed by atoms with Crippen LogP contribution in [0.4, 0.5) is 16.4 Å². The lowest BCUT2D eigenvalue weighted by Crippen LogP contribution is -2.32. The van der Waals surface area contributed by atoms with Crippen LogP contribution in [0.2, 0.25) is 0 Å². The minimum Gasteiger partial charge on any atom is -0.444 e. The molecule has 2 aliphatic rings. The molecule has 2 aliphatic carbocycles. The number of carbonyl (C=O) groups excluding carboxylic acids is 3. The summed E-state index contributed by atoms with van der Waals surface area (Å²) in [5.41, 5.74) is 13.7. The van der Waals surface area contributed by atoms with Gasteiger partial charge in [-0.2, -0.15) is 0 Å². The number of hydrogen-bond acceptors (Lipinski definition) is 7. The van der Waals surface area contributed by atoms with Gasteiger partial charge in [0.2, 0.25) is 11.8 Å². The summed E-state index contributed by atoms with van der Waals surface area (Å²) in [7, 11) is 0. The zero-order valence-corrected chi connectivity index (χ0v) is 31.9. The number of alkyl carbamates (subject to hydrolysis) is 1. The van der Waals surface area contributed by atoms with E-state index in [9.17, 15) is 14.4 Å². The number of ether oxygens (including phenoxy) is 1. The average Bonchev–Trinajstić information content (AvgIpc) is 4.01. The number of aryl methyl sites for hydroxylation is 2. The van der Waals surface area contributed by atoms with Crippen LogP contribution in [0.3, 0.4) is 0 Å². The highest BCUT2D eigenvalue weighted by Crippen LogP contribution is 2.39. The summed E-state index contributed by atoms with van der Waals surface area (Å²) in [6.45, 7) is 14.7. The molecular weight excluding hydrogens is 676 g/mol. The molecule has 5 N–H and O–H groups in total. The standard InChI is InChI=1S/C23H29N3O3.C18H21N3O.ClH/c1-14-10-16(6-7-18(14)13-25-22(28)29-23(3,4)5)17-8-9-24-20(12-17)26-21(27)19-11-15(19)2;1-11-7-13(3-4-15(11)10-19)14-5-6-20-17(9-14)21-18(22)16-8-12(16)2;/h6-10,12,15,19H,11,13H2,1-5H3,(H,25,28)(H,24,26,27);3-7,9,12,16H,8,10,19H2,1-2H3,(H,20,21,22);1H/t15-,19-;12-,16-;/m11./s1. The molecule has 0 saturated heterocycles. The van der Waals surface area contributed by atoms with Gasteiger partial charge in [0.05, 0.1) is 0 Å². The number of benzene rings is 2. The molecule has 52 heavy (non-hydrogen) atoms. The van der Waals surface area contributed by atoms with Crippen molar-refractivity contribution >= 4 is 42.0 Å². The Morgan fingerprint density at radius 2 is 1.15 bits per heavy atom. The summed E-state index contributed by atoms with van der Waals surface area (Å²) in [6, 6.07) is 20.0. The van der Waals surface area contributed by atoms with E-state index in [1.807, 2.05) is 64.1 Å². The Morgan fingerprint density at radius 3 is 1.54 bits per heavy atom. The smallest absolute Gasteiger partial charge is 0.407 e. The molecule has 10 nitrogen and oxygen atoms in total. The summed E-state index contributed by atoms with van der Waals surface area (Å²) in [4.78, 5) is 44.5. The van der Waals surface area contributed by atoms with Gasteiger partial charge in [-0.25, -0.2) is 14.8 Å². The molecule has 0 radical (unpaired) electrons. The van der Waals surface area contributed by atoms with Gasteiger partial charge in [0.15, 0.2) is 0 Å². The van der Waals surface area contributed by atoms with Crippen molar-refractivity contribution < 1.29 is 19.1 Å². The Balaban J connectivity index is 0.000000236. The minimum absolute atomic E-state index is 0. The number of hydrogen-bond donors (Lipinski definition) is 4. The molecule has 276 valence electrons. The van der Waals surface area contributed by atoms with Crippen LogP contribution in [0.1, 0.15) is 69.7 Å². The van der Waals surface area contributed by atoms with Crippen molar-refractivity contribution in [2.75, 3.05) is 10.6 Å². The van der Waals surface area contributed by atoms with E-state index in [0.29, 0.717) is 36.6 Å². The SMILES string of the molecule is Cc1cc(-c2ccnc(NC(=O)[C@@H]3C[C@H]3C)c2)ccc1CN.Cc1cc(-c2ccnc(NC(=O)[C@@H]3C[C@H]3C)c2)ccc1CNC(=O)OC(C)(C)C.Cl. The first-order valence-corrected chi connectivity index (χ1v) is 17.6. The Kier molecular flexibility index (Phi) is 13.2. The molecule has 0 unspecified atom stereocenters. The van der Waals surface area contributed by atoms with Crippen molar-refractivity contribution in [2.24, 2.45) is 29.4 Å². The van der Waals surface area contributed by atoms with E-state index in [1.165, 1.54) is 5.56 Å². The second-order valence-corrected chi connectivity index (χ2v) is 14.8. The first-order valence-electron chi connectivity index (χ1n) is 17.6. The molecule has 6 rings (SSSR count). The fourth-order valence-electron chi connectivity index (χ4n) is 5.83. The maximum absolute atomic E-state index is 12.1. The van der Waals surface area contributed by atoms with Gasteiger partial charge < -0.3 is 26.4 Å². The summed E-state index contributed by atoms with van der Waals surface area (Å²) in [5, 5.41) is 8.61. The number of nitrogens with zero attached hydrogens (tertiary/aromatic N) is 2. The molecule has 2 aromatic heterocycles. The van der Waals surface area contributed by atoms with Gasteiger partial charge in [-0.1, -0.05) is 50.2 Å². The normalized spacial score (nSPS) is 18.5. The minimum atomic E-state index is -0.519. The van der Waals surface area contributed by atoms with Gasteiger partial charge >= 0.3 is 6.09 Å². The largest absolute Gasteiger partial charge is 0.444 e. The third kappa shape index (κ3) is 11.1. The molecule has 4 aromatic rings. The molecule has 4 atom stereocenters. The van der Waals surface area contributed by atoms with E-state index in [2.05, 4.69) is 71.0 Å². The summed E-state index contributed by atoms with van der Waals surface area (Å²) in [5.74, 6) is 2.52. The zero-order chi connectivity index (χ0) is 36.9. The molecule has 2 heterocycles. The summed E-state index contributed by atoms with van der Waals surface area (Å²) >= 11 is 0. The van der Waals surface area contributed by atoms with Crippen molar-refractivity contribution in [2.45, 2.75) is 80.0 Å². The van der Waals surface area contributed by atoms with Gasteiger partial charge in [-0.15, -0.1) is 12.4 Å². The Morgan fingerprint density at radius 1 is 0.731 bits per heavy atom. The first kappa shape index (κ1) is 40.0. The van der Waals surface area contributed by atoms with Crippen molar-refractivity contribution in [1.29, 1.82) is 0 Å². The number of rotatable bonds is 9. The van der Waals surface area contributed by atoms with Gasteiger partial charge in [0.25, 0.3) is 0 Å². The molecule has 3 amide bonds. The van der Waals surface area contributed by atoms with E-state index in [1.54, 1.807) is 12.4 Å². The van der Waals surface area contributed by atoms with E-state index in [4.69, 9.17) is 10.5 Å². The predicted octanol–water partition coefficient (Wildman–Crippen LogP) is 8.21. The van der Waals surface area contributed by atoms with Gasteiger partial charge in [0, 0.05) is 37.3 Å². The Hall–Kier alpha value is -4.80. The van der Waals surface area contributed by atoms with Crippen LogP contribution in [0.25, 0.3) is 22.3 Å². The van der Waals surface area contributed by atoms with Crippen molar-refractivity contribution in [3.05, 3.63) is 95.3 Å². The number of pyridine rings is 2. The van der Waals surface area contributed by atoms with E-state index < -0.39 is 11.7 Å². The highest BCUT2D eigenvalue weighted by Gasteiger charge is 2.40. The lowest BCUT2D eigenvalue weighted by molar-refractivity contribution is -0.118. The molecule has 0 spiro atoms. The number of aromatic nitrogens is 2. The van der Waals surface area contributed by atoms with Gasteiger partial charge in [-0.05, 0) is 128 Å². The topological polar surface area (TPSA) is 148 Å². The molecule has 11 heteroatoms. The lowest BCUT2D eigenvalue weighted by atomic mass is 10.0. The number of nitrogens with one attached hydrogen (secondary N) is 3. The van der Waals surface area contributed by atoms with E-state index in [-0.39, 0.29) is 36.1 Å². The number of nitrogens with two attached hydrogens (primary N) is 1. The van der Waals surface area contributed by atoms with Crippen LogP contribution in [-0.4, -0.2) is 33.5 Å². The van der Waals surface area contributed by atoms with Crippen molar-refractivity contribution in [3.63, 3.8) is 0 Å². The van der Waals surface area contributed by atoms with Crippen LogP contribution in [-0.2, 0) is 27.4 Å². The molecule has 0 bridgehead atoms. The molecule has 2 saturated carbocycles. The van der Waals surface area contributed by atoms with E-state index in [0.717, 1.165) is 51.8 Å². The molecular formula is C41H51ClN6O4. The number of halogens is 1. The van der Waals surface area contributed by atoms with Crippen molar-refractivity contribution in [3.8, 4) is 22.3 Å². The van der Waals surface area contributed by atoms with E-state index >= 15 is 0 Å². The number of carbonyl (C=O) groups is 3. The van der Waals surface area contributed by atoms with Crippen LogP contribution in [0.15, 0.2) is 73.1 Å². The highest BCUT2D eigenvalue weighted by molar-refractivity contribution is 5.94. The third-order valence-electron chi connectivity index (χ3n) is 9.31. The summed E-state index contributed by atoms with van der Waals surface area (Å²) in [6.07, 6.45) is 4.93. The second-order valence-electron chi connectivity index (χ2n) is 14.8. The third-order valence-corrected chi connectivity index (χ3v) is 9.31. The van der Waals surface area contributed by atoms with Crippen LogP contribution >= 0.6 is 12.4 Å². The fourth-order valence-corrected chi connectivity index (χ4v) is 5.83. The maximum atomic E-state index is 12.1. The first-order chi connectivity index (χ1) is 24.2. The van der Waals surface area contributed by atoms with Crippen LogP contribution < -0.4 is 21.7 Å². The quantitative estimate of drug-likeness (QED) is 0.136. The van der Waals surface area contributed by atoms with Gasteiger partial charge in [0.1, 0.15) is 17.2 Å². The van der Waals surface area contributed by atoms with Crippen LogP contribution in [0, 0.1) is 37.5 Å². The average molecular weight is 727 g/mol. The summed E-state index contributed by atoms with van der Waals surface area (Å²) < 4.78 is 5.27. The maximum Gasteiger partial charge on any atom is 0.407 e. The van der Waals surface area contributed by atoms with Gasteiger partial charge in [-0.3, -0.25) is 9.59 Å². The fraction of sp³-hybridized carbons (Fsp3) is 0.390. The molecule has 2 fully saturated rings. The van der Waals surface area contributed by atoms with Crippen molar-refractivity contribution in [1.82, 2.24) is 15.3 Å². The monoisotopic (exact) mass is 726 g/mol. The predicted molar refractivity (Wildman–Crippen MR) is 209 cm³/mol. The molecule has 0 aliphatic heterocycles.